The van der Waals surface area contributed by atoms with E-state index in [9.17, 15) is 22.8 Å². The van der Waals surface area contributed by atoms with Crippen molar-refractivity contribution in [3.63, 3.8) is 0 Å². The van der Waals surface area contributed by atoms with Crippen molar-refractivity contribution in [2.24, 2.45) is 11.8 Å². The predicted octanol–water partition coefficient (Wildman–Crippen LogP) is 2.35. The van der Waals surface area contributed by atoms with Gasteiger partial charge in [-0.25, -0.2) is 4.79 Å². The Morgan fingerprint density at radius 2 is 1.81 bits per heavy atom. The molecule has 0 unspecified atom stereocenters. The second kappa shape index (κ2) is 11.1. The smallest absolute Gasteiger partial charge is 0.480 e. The van der Waals surface area contributed by atoms with Crippen LogP contribution >= 0.6 is 11.6 Å². The molecule has 1 rings (SSSR count). The van der Waals surface area contributed by atoms with E-state index in [1.165, 1.54) is 12.5 Å². The monoisotopic (exact) mass is 416 g/mol. The Labute approximate surface area is 159 Å². The number of hydrogen-bond donors (Lipinski definition) is 4. The lowest BCUT2D eigenvalue weighted by Crippen LogP contribution is -2.51. The highest BCUT2D eigenvalue weighted by Crippen LogP contribution is 2.27. The minimum absolute atomic E-state index is 0.00389. The molecule has 0 aromatic rings. The Balaban J connectivity index is 0.000000821. The first kappa shape index (κ1) is 25.2. The van der Waals surface area contributed by atoms with Gasteiger partial charge in [0.1, 0.15) is 6.04 Å². The van der Waals surface area contributed by atoms with Gasteiger partial charge < -0.3 is 15.5 Å². The van der Waals surface area contributed by atoms with Crippen LogP contribution in [-0.4, -0.2) is 52.4 Å². The molecule has 0 radical (unpaired) electrons. The number of carbonyl (C=O) groups excluding carboxylic acids is 1. The molecule has 1 heterocycles. The minimum atomic E-state index is -5.08. The number of carboxylic acids is 2. The quantitative estimate of drug-likeness (QED) is 0.528. The van der Waals surface area contributed by atoms with Gasteiger partial charge in [0.05, 0.1) is 0 Å². The van der Waals surface area contributed by atoms with Crippen LogP contribution in [0.2, 0.25) is 0 Å². The summed E-state index contributed by atoms with van der Waals surface area (Å²) in [5, 5.41) is 22.3. The molecule has 0 aromatic heterocycles. The summed E-state index contributed by atoms with van der Waals surface area (Å²) in [5.41, 5.74) is 1.42. The van der Waals surface area contributed by atoms with Crippen LogP contribution in [0.3, 0.4) is 0 Å². The molecule has 7 nitrogen and oxygen atoms in total. The van der Waals surface area contributed by atoms with E-state index in [1.807, 2.05) is 0 Å². The lowest BCUT2D eigenvalue weighted by molar-refractivity contribution is -0.192. The summed E-state index contributed by atoms with van der Waals surface area (Å²) < 4.78 is 31.7. The maximum Gasteiger partial charge on any atom is 0.490 e. The molecule has 0 bridgehead atoms. The van der Waals surface area contributed by atoms with Gasteiger partial charge in [0.15, 0.2) is 0 Å². The summed E-state index contributed by atoms with van der Waals surface area (Å²) in [6.45, 7) is 5.62. The van der Waals surface area contributed by atoms with Crippen molar-refractivity contribution in [1.82, 2.24) is 10.6 Å². The number of carbonyl (C=O) groups is 3. The van der Waals surface area contributed by atoms with Crippen LogP contribution in [0.1, 0.15) is 33.6 Å². The SMILES string of the molecule is CC(=O)N[C@@H](CC(C)C)[C@@H]1N[C@@H](C(=O)O)C[C@H]1/C=C/Cl.O=C(O)C(F)(F)F. The molecule has 4 N–H and O–H groups in total. The number of nitrogens with one attached hydrogen (secondary N) is 2. The second-order valence-electron chi connectivity index (χ2n) is 6.54. The summed E-state index contributed by atoms with van der Waals surface area (Å²) in [4.78, 5) is 31.4. The highest BCUT2D eigenvalue weighted by Gasteiger charge is 2.40. The van der Waals surface area contributed by atoms with Gasteiger partial charge in [-0.15, -0.1) is 0 Å². The number of rotatable bonds is 6. The lowest BCUT2D eigenvalue weighted by atomic mass is 9.89. The Bertz CT molecular complexity index is 555. The molecule has 0 aromatic carbocycles. The number of aliphatic carboxylic acids is 2. The Hall–Kier alpha value is -1.81. The maximum absolute atomic E-state index is 11.4. The number of hydrogen-bond acceptors (Lipinski definition) is 4. The molecular weight excluding hydrogens is 393 g/mol. The van der Waals surface area contributed by atoms with Crippen molar-refractivity contribution < 1.29 is 37.8 Å². The van der Waals surface area contributed by atoms with Crippen LogP contribution in [0.4, 0.5) is 13.2 Å². The Morgan fingerprint density at radius 1 is 1.30 bits per heavy atom. The van der Waals surface area contributed by atoms with E-state index in [4.69, 9.17) is 26.6 Å². The summed E-state index contributed by atoms with van der Waals surface area (Å²) in [6.07, 6.45) is -2.01. The largest absolute Gasteiger partial charge is 0.490 e. The Kier molecular flexibility index (Phi) is 10.4. The molecule has 0 spiro atoms. The van der Waals surface area contributed by atoms with E-state index < -0.39 is 24.2 Å². The molecule has 11 heteroatoms. The third-order valence-corrected chi connectivity index (χ3v) is 3.92. The number of amides is 1. The van der Waals surface area contributed by atoms with Crippen molar-refractivity contribution in [2.45, 2.75) is 57.9 Å². The first-order valence-electron chi connectivity index (χ1n) is 8.12. The van der Waals surface area contributed by atoms with Crippen LogP contribution in [0.15, 0.2) is 11.6 Å². The number of alkyl halides is 3. The van der Waals surface area contributed by atoms with Crippen molar-refractivity contribution in [1.29, 1.82) is 0 Å². The average Bonchev–Trinajstić information content (AvgIpc) is 2.90. The molecular formula is C16H24ClF3N2O5. The molecule has 1 saturated heterocycles. The fourth-order valence-corrected chi connectivity index (χ4v) is 2.97. The van der Waals surface area contributed by atoms with Gasteiger partial charge >= 0.3 is 18.1 Å². The maximum atomic E-state index is 11.4. The third kappa shape index (κ3) is 9.62. The summed E-state index contributed by atoms with van der Waals surface area (Å²) in [7, 11) is 0. The van der Waals surface area contributed by atoms with Crippen LogP contribution in [-0.2, 0) is 14.4 Å². The topological polar surface area (TPSA) is 116 Å². The van der Waals surface area contributed by atoms with E-state index in [1.54, 1.807) is 6.08 Å². The highest BCUT2D eigenvalue weighted by molar-refractivity contribution is 6.25. The van der Waals surface area contributed by atoms with E-state index in [0.29, 0.717) is 12.3 Å². The summed E-state index contributed by atoms with van der Waals surface area (Å²) >= 11 is 5.65. The lowest BCUT2D eigenvalue weighted by Gasteiger charge is -2.29. The third-order valence-electron chi connectivity index (χ3n) is 3.77. The van der Waals surface area contributed by atoms with Crippen molar-refractivity contribution in [2.75, 3.05) is 0 Å². The second-order valence-corrected chi connectivity index (χ2v) is 6.79. The number of halogens is 4. The van der Waals surface area contributed by atoms with Crippen molar-refractivity contribution in [3.05, 3.63) is 11.6 Å². The highest BCUT2D eigenvalue weighted by atomic mass is 35.5. The number of carboxylic acid groups (broad SMARTS) is 2. The van der Waals surface area contributed by atoms with Crippen LogP contribution in [0, 0.1) is 11.8 Å². The predicted molar refractivity (Wildman–Crippen MR) is 92.2 cm³/mol. The molecule has 0 aliphatic carbocycles. The molecule has 4 atom stereocenters. The van der Waals surface area contributed by atoms with Gasteiger partial charge in [0.2, 0.25) is 5.91 Å². The molecule has 0 saturated carbocycles. The van der Waals surface area contributed by atoms with Gasteiger partial charge in [-0.2, -0.15) is 13.2 Å². The van der Waals surface area contributed by atoms with Gasteiger partial charge in [0, 0.05) is 24.5 Å². The van der Waals surface area contributed by atoms with Gasteiger partial charge in [-0.1, -0.05) is 31.5 Å². The molecule has 156 valence electrons. The first-order valence-corrected chi connectivity index (χ1v) is 8.56. The Morgan fingerprint density at radius 3 is 2.15 bits per heavy atom. The fourth-order valence-electron chi connectivity index (χ4n) is 2.79. The van der Waals surface area contributed by atoms with E-state index in [-0.39, 0.29) is 23.9 Å². The van der Waals surface area contributed by atoms with Crippen molar-refractivity contribution >= 4 is 29.4 Å². The zero-order chi connectivity index (χ0) is 21.4. The normalized spacial score (nSPS) is 23.6. The van der Waals surface area contributed by atoms with Crippen molar-refractivity contribution in [3.8, 4) is 0 Å². The summed E-state index contributed by atoms with van der Waals surface area (Å²) in [6, 6.07) is -0.812. The van der Waals surface area contributed by atoms with E-state index >= 15 is 0 Å². The molecule has 27 heavy (non-hydrogen) atoms. The minimum Gasteiger partial charge on any atom is -0.480 e. The first-order chi connectivity index (χ1) is 12.3. The van der Waals surface area contributed by atoms with Crippen LogP contribution < -0.4 is 10.6 Å². The van der Waals surface area contributed by atoms with Crippen LogP contribution in [0.25, 0.3) is 0 Å². The van der Waals surface area contributed by atoms with E-state index in [2.05, 4.69) is 24.5 Å². The standard InChI is InChI=1S/C14H23ClN2O3.C2HF3O2/c1-8(2)6-11(16-9(3)18)13-10(4-5-15)7-12(17-13)14(19)20;3-2(4,5)1(6)7/h4-5,8,10-13,17H,6-7H2,1-3H3,(H,16,18)(H,19,20);(H,6,7)/b5-4+;/t10-,11+,12-,13-;/m1./s1. The van der Waals surface area contributed by atoms with E-state index in [0.717, 1.165) is 6.42 Å². The molecule has 1 fully saturated rings. The fraction of sp³-hybridized carbons (Fsp3) is 0.688. The van der Waals surface area contributed by atoms with Gasteiger partial charge in [0.25, 0.3) is 0 Å². The van der Waals surface area contributed by atoms with Gasteiger partial charge in [-0.05, 0) is 24.7 Å². The molecule has 1 amide bonds. The average molecular weight is 417 g/mol. The zero-order valence-electron chi connectivity index (χ0n) is 15.1. The summed E-state index contributed by atoms with van der Waals surface area (Å²) in [5.74, 6) is -3.33. The van der Waals surface area contributed by atoms with Crippen LogP contribution in [0.5, 0.6) is 0 Å². The van der Waals surface area contributed by atoms with Gasteiger partial charge in [-0.3, -0.25) is 14.9 Å². The molecule has 1 aliphatic rings. The molecule has 1 aliphatic heterocycles. The zero-order valence-corrected chi connectivity index (χ0v) is 15.8.